The van der Waals surface area contributed by atoms with Crippen LogP contribution < -0.4 is 0 Å². The van der Waals surface area contributed by atoms with Crippen molar-refractivity contribution in [2.24, 2.45) is 0 Å². The third kappa shape index (κ3) is 2.19. The van der Waals surface area contributed by atoms with Crippen LogP contribution in [0, 0.1) is 5.82 Å². The summed E-state index contributed by atoms with van der Waals surface area (Å²) in [7, 11) is 0. The summed E-state index contributed by atoms with van der Waals surface area (Å²) >= 11 is 7.75. The Hall–Kier alpha value is -1.52. The van der Waals surface area contributed by atoms with Gasteiger partial charge in [-0.05, 0) is 43.0 Å². The van der Waals surface area contributed by atoms with Gasteiger partial charge >= 0.3 is 0 Å². The summed E-state index contributed by atoms with van der Waals surface area (Å²) in [4.78, 5) is 9.88. The summed E-state index contributed by atoms with van der Waals surface area (Å²) in [6.45, 7) is 4.01. The van der Waals surface area contributed by atoms with Gasteiger partial charge in [0.25, 0.3) is 0 Å². The van der Waals surface area contributed by atoms with Gasteiger partial charge < -0.3 is 0 Å². The number of benzene rings is 1. The van der Waals surface area contributed by atoms with Crippen molar-refractivity contribution in [1.29, 1.82) is 0 Å². The second-order valence-electron chi connectivity index (χ2n) is 5.11. The highest BCUT2D eigenvalue weighted by atomic mass is 35.5. The molecule has 102 valence electrons. The molecule has 0 atom stereocenters. The molecule has 0 bridgehead atoms. The Bertz CT molecular complexity index is 765. The molecule has 0 saturated heterocycles. The monoisotopic (exact) mass is 306 g/mol. The summed E-state index contributed by atoms with van der Waals surface area (Å²) in [6, 6.07) is 8.32. The molecule has 0 amide bonds. The minimum atomic E-state index is -0.435. The second-order valence-corrected chi connectivity index (χ2v) is 6.36. The summed E-state index contributed by atoms with van der Waals surface area (Å²) in [5.41, 5.74) is 0.515. The Morgan fingerprint density at radius 3 is 2.50 bits per heavy atom. The van der Waals surface area contributed by atoms with E-state index in [1.165, 1.54) is 23.5 Å². The number of halogens is 2. The molecule has 0 spiro atoms. The van der Waals surface area contributed by atoms with Crippen LogP contribution in [0.5, 0.6) is 0 Å². The number of hydrogen-bond acceptors (Lipinski definition) is 3. The number of thiophene rings is 1. The molecule has 0 N–H and O–H groups in total. The topological polar surface area (TPSA) is 25.8 Å². The largest absolute Gasteiger partial charge is 0.221 e. The maximum Gasteiger partial charge on any atom is 0.141 e. The Morgan fingerprint density at radius 1 is 1.10 bits per heavy atom. The normalized spacial score (nSPS) is 12.0. The quantitative estimate of drug-likeness (QED) is 0.635. The SMILES string of the molecule is CC(C)(c1ccc(F)cc1)c1nc(Cl)c2ccsc2n1. The molecule has 0 fully saturated rings. The van der Waals surface area contributed by atoms with E-state index in [0.29, 0.717) is 11.0 Å². The van der Waals surface area contributed by atoms with E-state index in [-0.39, 0.29) is 5.82 Å². The molecular formula is C15H12ClFN2S. The Kier molecular flexibility index (Phi) is 3.22. The molecule has 0 aliphatic carbocycles. The van der Waals surface area contributed by atoms with Gasteiger partial charge in [-0.15, -0.1) is 11.3 Å². The lowest BCUT2D eigenvalue weighted by atomic mass is 9.84. The minimum Gasteiger partial charge on any atom is -0.221 e. The van der Waals surface area contributed by atoms with Crippen LogP contribution in [0.25, 0.3) is 10.2 Å². The van der Waals surface area contributed by atoms with Gasteiger partial charge in [-0.2, -0.15) is 0 Å². The average molecular weight is 307 g/mol. The predicted molar refractivity (Wildman–Crippen MR) is 81.0 cm³/mol. The highest BCUT2D eigenvalue weighted by molar-refractivity contribution is 7.16. The van der Waals surface area contributed by atoms with Crippen LogP contribution in [0.15, 0.2) is 35.7 Å². The van der Waals surface area contributed by atoms with Gasteiger partial charge in [-0.3, -0.25) is 0 Å². The molecule has 2 heterocycles. The Labute approximate surface area is 125 Å². The van der Waals surface area contributed by atoms with Crippen molar-refractivity contribution < 1.29 is 4.39 Å². The van der Waals surface area contributed by atoms with Gasteiger partial charge in [0.15, 0.2) is 0 Å². The van der Waals surface area contributed by atoms with E-state index in [1.54, 1.807) is 12.1 Å². The molecule has 2 nitrogen and oxygen atoms in total. The minimum absolute atomic E-state index is 0.253. The van der Waals surface area contributed by atoms with Crippen molar-refractivity contribution in [3.8, 4) is 0 Å². The van der Waals surface area contributed by atoms with Crippen LogP contribution in [0.1, 0.15) is 25.2 Å². The molecule has 0 saturated carbocycles. The van der Waals surface area contributed by atoms with Crippen molar-refractivity contribution >= 4 is 33.2 Å². The van der Waals surface area contributed by atoms with Crippen molar-refractivity contribution in [1.82, 2.24) is 9.97 Å². The lowest BCUT2D eigenvalue weighted by Gasteiger charge is -2.23. The van der Waals surface area contributed by atoms with Crippen molar-refractivity contribution in [3.63, 3.8) is 0 Å². The second kappa shape index (κ2) is 4.79. The maximum atomic E-state index is 13.1. The molecule has 3 aromatic rings. The van der Waals surface area contributed by atoms with Crippen LogP contribution in [-0.2, 0) is 5.41 Å². The van der Waals surface area contributed by atoms with Crippen LogP contribution >= 0.6 is 22.9 Å². The molecular weight excluding hydrogens is 295 g/mol. The van der Waals surface area contributed by atoms with Gasteiger partial charge in [0.05, 0.1) is 0 Å². The zero-order valence-electron chi connectivity index (χ0n) is 11.0. The highest BCUT2D eigenvalue weighted by Crippen LogP contribution is 2.33. The fourth-order valence-electron chi connectivity index (χ4n) is 2.09. The highest BCUT2D eigenvalue weighted by Gasteiger charge is 2.27. The lowest BCUT2D eigenvalue weighted by Crippen LogP contribution is -2.22. The fraction of sp³-hybridized carbons (Fsp3) is 0.200. The Morgan fingerprint density at radius 2 is 1.80 bits per heavy atom. The molecule has 2 aromatic heterocycles. The average Bonchev–Trinajstić information content (AvgIpc) is 2.88. The number of nitrogens with zero attached hydrogens (tertiary/aromatic N) is 2. The predicted octanol–water partition coefficient (Wildman–Crippen LogP) is 4.81. The number of hydrogen-bond donors (Lipinski definition) is 0. The van der Waals surface area contributed by atoms with Crippen LogP contribution in [-0.4, -0.2) is 9.97 Å². The van der Waals surface area contributed by atoms with Gasteiger partial charge in [0.2, 0.25) is 0 Å². The molecule has 1 aromatic carbocycles. The van der Waals surface area contributed by atoms with Gasteiger partial charge in [-0.25, -0.2) is 14.4 Å². The smallest absolute Gasteiger partial charge is 0.141 e. The van der Waals surface area contributed by atoms with Crippen LogP contribution in [0.3, 0.4) is 0 Å². The first-order valence-electron chi connectivity index (χ1n) is 6.16. The first-order chi connectivity index (χ1) is 9.48. The van der Waals surface area contributed by atoms with Gasteiger partial charge in [-0.1, -0.05) is 23.7 Å². The van der Waals surface area contributed by atoms with E-state index in [4.69, 9.17) is 11.6 Å². The summed E-state index contributed by atoms with van der Waals surface area (Å²) < 4.78 is 13.1. The zero-order valence-corrected chi connectivity index (χ0v) is 12.6. The molecule has 5 heteroatoms. The number of rotatable bonds is 2. The molecule has 0 aliphatic heterocycles. The standard InChI is InChI=1S/C15H12ClFN2S/c1-15(2,9-3-5-10(17)6-4-9)14-18-12(16)11-7-8-20-13(11)19-14/h3-8H,1-2H3. The van der Waals surface area contributed by atoms with E-state index in [9.17, 15) is 4.39 Å². The van der Waals surface area contributed by atoms with Crippen molar-refractivity contribution in [3.05, 3.63) is 58.1 Å². The van der Waals surface area contributed by atoms with Gasteiger partial charge in [0, 0.05) is 10.8 Å². The number of fused-ring (bicyclic) bond motifs is 1. The van der Waals surface area contributed by atoms with Crippen molar-refractivity contribution in [2.75, 3.05) is 0 Å². The van der Waals surface area contributed by atoms with Crippen LogP contribution in [0.4, 0.5) is 4.39 Å². The fourth-order valence-corrected chi connectivity index (χ4v) is 3.15. The third-order valence-corrected chi connectivity index (χ3v) is 4.50. The van der Waals surface area contributed by atoms with E-state index in [0.717, 1.165) is 15.8 Å². The third-order valence-electron chi connectivity index (χ3n) is 3.40. The van der Waals surface area contributed by atoms with E-state index >= 15 is 0 Å². The molecule has 0 radical (unpaired) electrons. The first kappa shape index (κ1) is 13.5. The first-order valence-corrected chi connectivity index (χ1v) is 7.41. The maximum absolute atomic E-state index is 13.1. The molecule has 0 unspecified atom stereocenters. The summed E-state index contributed by atoms with van der Waals surface area (Å²) in [5.74, 6) is 0.390. The summed E-state index contributed by atoms with van der Waals surface area (Å²) in [5, 5.41) is 3.27. The lowest BCUT2D eigenvalue weighted by molar-refractivity contribution is 0.586. The van der Waals surface area contributed by atoms with Crippen LogP contribution in [0.2, 0.25) is 5.15 Å². The van der Waals surface area contributed by atoms with Crippen molar-refractivity contribution in [2.45, 2.75) is 19.3 Å². The molecule has 3 rings (SSSR count). The zero-order chi connectivity index (χ0) is 14.3. The van der Waals surface area contributed by atoms with E-state index < -0.39 is 5.41 Å². The summed E-state index contributed by atoms with van der Waals surface area (Å²) in [6.07, 6.45) is 0. The van der Waals surface area contributed by atoms with E-state index in [1.807, 2.05) is 25.3 Å². The Balaban J connectivity index is 2.14. The molecule has 0 aliphatic rings. The molecule has 20 heavy (non-hydrogen) atoms. The number of aromatic nitrogens is 2. The van der Waals surface area contributed by atoms with E-state index in [2.05, 4.69) is 9.97 Å². The van der Waals surface area contributed by atoms with Gasteiger partial charge in [0.1, 0.15) is 21.6 Å².